The van der Waals surface area contributed by atoms with Crippen molar-refractivity contribution < 1.29 is 9.53 Å². The van der Waals surface area contributed by atoms with E-state index in [0.717, 1.165) is 11.0 Å². The van der Waals surface area contributed by atoms with E-state index in [1.165, 1.54) is 11.8 Å². The van der Waals surface area contributed by atoms with E-state index in [9.17, 15) is 9.59 Å². The Morgan fingerprint density at radius 1 is 1.36 bits per heavy atom. The number of methoxy groups -OCH3 is 1. The molecule has 0 bridgehead atoms. The summed E-state index contributed by atoms with van der Waals surface area (Å²) in [5, 5.41) is 3.01. The maximum atomic E-state index is 12.3. The standard InChI is InChI=1S/C15H16N4O3/c1-9-10(7-8-13(20)22-2)18-19(14(9)21)15-16-11-5-3-4-6-12(11)17-15/h3-6,18H,7-8H2,1-2H3,(H,16,17). The Balaban J connectivity index is 1.97. The largest absolute Gasteiger partial charge is 0.469 e. The quantitative estimate of drug-likeness (QED) is 0.713. The van der Waals surface area contributed by atoms with Gasteiger partial charge in [-0.15, -0.1) is 0 Å². The molecule has 0 fully saturated rings. The van der Waals surface area contributed by atoms with E-state index in [4.69, 9.17) is 0 Å². The number of carbonyl (C=O) groups excluding carboxylic acids is 1. The van der Waals surface area contributed by atoms with Crippen LogP contribution in [-0.2, 0) is 16.0 Å². The van der Waals surface area contributed by atoms with Crippen molar-refractivity contribution in [3.8, 4) is 5.95 Å². The van der Waals surface area contributed by atoms with Crippen molar-refractivity contribution in [2.45, 2.75) is 19.8 Å². The van der Waals surface area contributed by atoms with Crippen molar-refractivity contribution in [1.82, 2.24) is 19.7 Å². The van der Waals surface area contributed by atoms with Crippen molar-refractivity contribution >= 4 is 17.0 Å². The van der Waals surface area contributed by atoms with Gasteiger partial charge in [-0.3, -0.25) is 14.7 Å². The summed E-state index contributed by atoms with van der Waals surface area (Å²) in [4.78, 5) is 31.1. The highest BCUT2D eigenvalue weighted by Gasteiger charge is 2.15. The highest BCUT2D eigenvalue weighted by Crippen LogP contribution is 2.13. The zero-order valence-corrected chi connectivity index (χ0v) is 12.3. The van der Waals surface area contributed by atoms with E-state index in [2.05, 4.69) is 19.8 Å². The van der Waals surface area contributed by atoms with Crippen molar-refractivity contribution in [3.05, 3.63) is 45.9 Å². The normalized spacial score (nSPS) is 11.0. The number of aromatic amines is 2. The lowest BCUT2D eigenvalue weighted by Gasteiger charge is -1.99. The average molecular weight is 300 g/mol. The van der Waals surface area contributed by atoms with Gasteiger partial charge in [0.05, 0.1) is 24.6 Å². The summed E-state index contributed by atoms with van der Waals surface area (Å²) < 4.78 is 5.98. The van der Waals surface area contributed by atoms with E-state index in [1.807, 2.05) is 24.3 Å². The van der Waals surface area contributed by atoms with E-state index in [-0.39, 0.29) is 17.9 Å². The number of aryl methyl sites for hydroxylation is 1. The second-order valence-electron chi connectivity index (χ2n) is 5.01. The van der Waals surface area contributed by atoms with E-state index in [0.29, 0.717) is 23.6 Å². The van der Waals surface area contributed by atoms with Gasteiger partial charge in [0, 0.05) is 11.3 Å². The third-order valence-corrected chi connectivity index (χ3v) is 3.62. The smallest absolute Gasteiger partial charge is 0.305 e. The number of hydrogen-bond acceptors (Lipinski definition) is 4. The number of para-hydroxylation sites is 2. The van der Waals surface area contributed by atoms with Crippen LogP contribution >= 0.6 is 0 Å². The number of nitrogens with one attached hydrogen (secondary N) is 2. The highest BCUT2D eigenvalue weighted by atomic mass is 16.5. The molecule has 0 spiro atoms. The van der Waals surface area contributed by atoms with Crippen LogP contribution in [0.5, 0.6) is 0 Å². The van der Waals surface area contributed by atoms with E-state index < -0.39 is 0 Å². The van der Waals surface area contributed by atoms with Crippen molar-refractivity contribution in [2.24, 2.45) is 0 Å². The lowest BCUT2D eigenvalue weighted by molar-refractivity contribution is -0.140. The second-order valence-corrected chi connectivity index (χ2v) is 5.01. The van der Waals surface area contributed by atoms with Crippen LogP contribution in [0, 0.1) is 6.92 Å². The first kappa shape index (κ1) is 14.1. The fourth-order valence-corrected chi connectivity index (χ4v) is 2.33. The van der Waals surface area contributed by atoms with Crippen LogP contribution < -0.4 is 5.56 Å². The fourth-order valence-electron chi connectivity index (χ4n) is 2.33. The zero-order valence-electron chi connectivity index (χ0n) is 12.3. The molecule has 0 aliphatic carbocycles. The van der Waals surface area contributed by atoms with Crippen LogP contribution in [0.3, 0.4) is 0 Å². The number of H-pyrrole nitrogens is 2. The van der Waals surface area contributed by atoms with Gasteiger partial charge in [0.1, 0.15) is 0 Å². The maximum absolute atomic E-state index is 12.3. The van der Waals surface area contributed by atoms with Crippen LogP contribution in [0.25, 0.3) is 17.0 Å². The molecule has 0 amide bonds. The monoisotopic (exact) mass is 300 g/mol. The Kier molecular flexibility index (Phi) is 3.54. The minimum Gasteiger partial charge on any atom is -0.469 e. The van der Waals surface area contributed by atoms with Gasteiger partial charge in [-0.25, -0.2) is 4.98 Å². The third kappa shape index (κ3) is 2.41. The Hall–Kier alpha value is -2.83. The van der Waals surface area contributed by atoms with Crippen LogP contribution in [0.1, 0.15) is 17.7 Å². The average Bonchev–Trinajstić information content (AvgIpc) is 3.07. The fraction of sp³-hybridized carbons (Fsp3) is 0.267. The summed E-state index contributed by atoms with van der Waals surface area (Å²) >= 11 is 0. The molecule has 2 heterocycles. The van der Waals surface area contributed by atoms with Crippen molar-refractivity contribution in [3.63, 3.8) is 0 Å². The van der Waals surface area contributed by atoms with Crippen molar-refractivity contribution in [1.29, 1.82) is 0 Å². The molecule has 2 aromatic heterocycles. The van der Waals surface area contributed by atoms with E-state index in [1.54, 1.807) is 6.92 Å². The lowest BCUT2D eigenvalue weighted by atomic mass is 10.2. The van der Waals surface area contributed by atoms with Gasteiger partial charge in [-0.1, -0.05) is 12.1 Å². The van der Waals surface area contributed by atoms with Gasteiger partial charge in [0.15, 0.2) is 0 Å². The Labute approximate surface area is 125 Å². The number of esters is 1. The molecular weight excluding hydrogens is 284 g/mol. The molecule has 3 rings (SSSR count). The molecule has 0 radical (unpaired) electrons. The zero-order chi connectivity index (χ0) is 15.7. The van der Waals surface area contributed by atoms with Gasteiger partial charge in [0.25, 0.3) is 5.56 Å². The van der Waals surface area contributed by atoms with Gasteiger partial charge < -0.3 is 9.72 Å². The predicted octanol–water partition coefficient (Wildman–Crippen LogP) is 1.46. The van der Waals surface area contributed by atoms with Crippen molar-refractivity contribution in [2.75, 3.05) is 7.11 Å². The van der Waals surface area contributed by atoms with Gasteiger partial charge >= 0.3 is 5.97 Å². The molecule has 0 aliphatic heterocycles. The first-order valence-electron chi connectivity index (χ1n) is 6.92. The number of ether oxygens (including phenoxy) is 1. The summed E-state index contributed by atoms with van der Waals surface area (Å²) in [5.41, 5.74) is 2.74. The minimum atomic E-state index is -0.309. The number of aromatic nitrogens is 4. The molecule has 0 saturated carbocycles. The summed E-state index contributed by atoms with van der Waals surface area (Å²) in [5.74, 6) is 0.121. The maximum Gasteiger partial charge on any atom is 0.305 e. The summed E-state index contributed by atoms with van der Waals surface area (Å²) in [6.07, 6.45) is 0.637. The lowest BCUT2D eigenvalue weighted by Crippen LogP contribution is -2.16. The topological polar surface area (TPSA) is 92.8 Å². The van der Waals surface area contributed by atoms with Crippen LogP contribution in [0.15, 0.2) is 29.1 Å². The Morgan fingerprint density at radius 3 is 2.86 bits per heavy atom. The predicted molar refractivity (Wildman–Crippen MR) is 81.1 cm³/mol. The molecule has 0 saturated heterocycles. The third-order valence-electron chi connectivity index (χ3n) is 3.62. The van der Waals surface area contributed by atoms with E-state index >= 15 is 0 Å². The number of rotatable bonds is 4. The molecule has 22 heavy (non-hydrogen) atoms. The SMILES string of the molecule is COC(=O)CCc1[nH]n(-c2nc3ccccc3[nH]2)c(=O)c1C. The molecule has 0 aliphatic rings. The molecule has 0 unspecified atom stereocenters. The number of nitrogens with zero attached hydrogens (tertiary/aromatic N) is 2. The second kappa shape index (κ2) is 5.51. The number of fused-ring (bicyclic) bond motifs is 1. The Bertz CT molecular complexity index is 855. The van der Waals surface area contributed by atoms with Crippen LogP contribution in [0.4, 0.5) is 0 Å². The summed E-state index contributed by atoms with van der Waals surface area (Å²) in [6, 6.07) is 7.55. The summed E-state index contributed by atoms with van der Waals surface area (Å²) in [6.45, 7) is 1.73. The molecule has 7 nitrogen and oxygen atoms in total. The number of benzene rings is 1. The van der Waals surface area contributed by atoms with Gasteiger partial charge in [-0.2, -0.15) is 4.68 Å². The number of hydrogen-bond donors (Lipinski definition) is 2. The first-order valence-corrected chi connectivity index (χ1v) is 6.92. The van der Waals surface area contributed by atoms with Crippen LogP contribution in [-0.4, -0.2) is 32.8 Å². The van der Waals surface area contributed by atoms with Gasteiger partial charge in [0.2, 0.25) is 5.95 Å². The van der Waals surface area contributed by atoms with Gasteiger partial charge in [-0.05, 0) is 25.5 Å². The molecule has 3 aromatic rings. The molecular formula is C15H16N4O3. The molecule has 7 heteroatoms. The molecule has 0 atom stereocenters. The molecule has 114 valence electrons. The minimum absolute atomic E-state index is 0.182. The molecule has 2 N–H and O–H groups in total. The highest BCUT2D eigenvalue weighted by molar-refractivity contribution is 5.75. The summed E-state index contributed by atoms with van der Waals surface area (Å²) in [7, 11) is 1.34. The number of carbonyl (C=O) groups is 1. The van der Waals surface area contributed by atoms with Crippen LogP contribution in [0.2, 0.25) is 0 Å². The first-order chi connectivity index (χ1) is 10.6. The molecule has 1 aromatic carbocycles. The Morgan fingerprint density at radius 2 is 2.14 bits per heavy atom. The number of imidazole rings is 1.